The van der Waals surface area contributed by atoms with Crippen LogP contribution >= 0.6 is 0 Å². The van der Waals surface area contributed by atoms with Gasteiger partial charge < -0.3 is 9.84 Å². The van der Waals surface area contributed by atoms with Crippen molar-refractivity contribution in [2.75, 3.05) is 6.61 Å². The van der Waals surface area contributed by atoms with Crippen LogP contribution in [0.2, 0.25) is 0 Å². The van der Waals surface area contributed by atoms with Crippen LogP contribution in [0.25, 0.3) is 0 Å². The maximum absolute atomic E-state index is 9.88. The maximum Gasteiger partial charge on any atom is 0.119 e. The summed E-state index contributed by atoms with van der Waals surface area (Å²) in [5, 5.41) is 9.88. The van der Waals surface area contributed by atoms with Crippen molar-refractivity contribution in [3.05, 3.63) is 29.8 Å². The number of aliphatic hydroxyl groups is 1. The molecule has 1 aromatic rings. The zero-order valence-corrected chi connectivity index (χ0v) is 9.86. The summed E-state index contributed by atoms with van der Waals surface area (Å²) in [6.45, 7) is 2.91. The van der Waals surface area contributed by atoms with E-state index in [1.807, 2.05) is 24.3 Å². The largest absolute Gasteiger partial charge is 0.493 e. The van der Waals surface area contributed by atoms with Gasteiger partial charge in [0.1, 0.15) is 5.75 Å². The number of ether oxygens (including phenoxy) is 1. The molecule has 2 heteroatoms. The van der Waals surface area contributed by atoms with Gasteiger partial charge in [-0.3, -0.25) is 0 Å². The molecule has 1 aliphatic carbocycles. The van der Waals surface area contributed by atoms with Gasteiger partial charge in [-0.15, -0.1) is 0 Å². The third-order valence-electron chi connectivity index (χ3n) is 2.99. The predicted molar refractivity (Wildman–Crippen MR) is 64.5 cm³/mol. The number of hydrogen-bond donors (Lipinski definition) is 1. The normalized spacial score (nSPS) is 17.1. The van der Waals surface area contributed by atoms with Crippen molar-refractivity contribution >= 4 is 0 Å². The van der Waals surface area contributed by atoms with E-state index in [1.165, 1.54) is 12.8 Å². The van der Waals surface area contributed by atoms with Crippen LogP contribution < -0.4 is 4.74 Å². The first-order chi connectivity index (χ1) is 7.79. The van der Waals surface area contributed by atoms with Crippen LogP contribution in [-0.2, 0) is 0 Å². The Morgan fingerprint density at radius 2 is 2.25 bits per heavy atom. The van der Waals surface area contributed by atoms with E-state index in [0.29, 0.717) is 0 Å². The maximum atomic E-state index is 9.88. The summed E-state index contributed by atoms with van der Waals surface area (Å²) in [6, 6.07) is 7.84. The van der Waals surface area contributed by atoms with E-state index in [-0.39, 0.29) is 6.10 Å². The van der Waals surface area contributed by atoms with Gasteiger partial charge in [0, 0.05) is 0 Å². The molecule has 1 N–H and O–H groups in total. The fourth-order valence-electron chi connectivity index (χ4n) is 1.75. The van der Waals surface area contributed by atoms with Gasteiger partial charge in [-0.2, -0.15) is 0 Å². The van der Waals surface area contributed by atoms with Crippen LogP contribution in [0.3, 0.4) is 0 Å². The first-order valence-electron chi connectivity index (χ1n) is 6.20. The third-order valence-corrected chi connectivity index (χ3v) is 2.99. The number of benzene rings is 1. The van der Waals surface area contributed by atoms with E-state index in [1.54, 1.807) is 0 Å². The fraction of sp³-hybridized carbons (Fsp3) is 0.571. The van der Waals surface area contributed by atoms with Gasteiger partial charge in [-0.05, 0) is 42.9 Å². The number of aliphatic hydroxyl groups excluding tert-OH is 1. The summed E-state index contributed by atoms with van der Waals surface area (Å²) in [6.07, 6.45) is 4.06. The second-order valence-corrected chi connectivity index (χ2v) is 4.63. The molecule has 0 bridgehead atoms. The highest BCUT2D eigenvalue weighted by Gasteiger charge is 2.21. The molecule has 1 aliphatic rings. The second kappa shape index (κ2) is 5.35. The van der Waals surface area contributed by atoms with Crippen molar-refractivity contribution in [3.63, 3.8) is 0 Å². The molecule has 0 aromatic heterocycles. The molecule has 88 valence electrons. The summed E-state index contributed by atoms with van der Waals surface area (Å²) < 4.78 is 5.69. The van der Waals surface area contributed by atoms with Crippen LogP contribution in [-0.4, -0.2) is 11.7 Å². The van der Waals surface area contributed by atoms with E-state index < -0.39 is 0 Å². The molecular weight excluding hydrogens is 200 g/mol. The van der Waals surface area contributed by atoms with Crippen LogP contribution in [0, 0.1) is 5.92 Å². The van der Waals surface area contributed by atoms with Crippen molar-refractivity contribution < 1.29 is 9.84 Å². The minimum Gasteiger partial charge on any atom is -0.493 e. The lowest BCUT2D eigenvalue weighted by molar-refractivity contribution is 0.166. The van der Waals surface area contributed by atoms with E-state index in [2.05, 4.69) is 6.92 Å². The first-order valence-corrected chi connectivity index (χ1v) is 6.20. The molecule has 1 saturated carbocycles. The van der Waals surface area contributed by atoms with E-state index in [9.17, 15) is 5.11 Å². The predicted octanol–water partition coefficient (Wildman–Crippen LogP) is 3.31. The highest BCUT2D eigenvalue weighted by molar-refractivity contribution is 5.29. The van der Waals surface area contributed by atoms with Crippen molar-refractivity contribution in [3.8, 4) is 5.75 Å². The Balaban J connectivity index is 1.94. The van der Waals surface area contributed by atoms with Crippen LogP contribution in [0.1, 0.15) is 44.3 Å². The fourth-order valence-corrected chi connectivity index (χ4v) is 1.75. The Labute approximate surface area is 97.3 Å². The summed E-state index contributed by atoms with van der Waals surface area (Å²) in [5.74, 6) is 1.66. The highest BCUT2D eigenvalue weighted by Crippen LogP contribution is 2.30. The van der Waals surface area contributed by atoms with Gasteiger partial charge in [0.05, 0.1) is 12.7 Å². The Bertz CT molecular complexity index is 331. The molecule has 1 aromatic carbocycles. The molecular formula is C14H20O2. The van der Waals surface area contributed by atoms with E-state index in [4.69, 9.17) is 4.74 Å². The Morgan fingerprint density at radius 3 is 2.94 bits per heavy atom. The minimum atomic E-state index is -0.352. The molecule has 2 rings (SSSR count). The number of hydrogen-bond acceptors (Lipinski definition) is 2. The average Bonchev–Trinajstić information content (AvgIpc) is 3.11. The summed E-state index contributed by atoms with van der Waals surface area (Å²) in [4.78, 5) is 0. The summed E-state index contributed by atoms with van der Waals surface area (Å²) >= 11 is 0. The standard InChI is InChI=1S/C14H20O2/c1-2-4-14(15)12-5-3-6-13(9-12)16-10-11-7-8-11/h3,5-6,9,11,14-15H,2,4,7-8,10H2,1H3. The quantitative estimate of drug-likeness (QED) is 0.797. The lowest BCUT2D eigenvalue weighted by atomic mass is 10.1. The molecule has 2 nitrogen and oxygen atoms in total. The Hall–Kier alpha value is -1.02. The van der Waals surface area contributed by atoms with Crippen LogP contribution in [0.5, 0.6) is 5.75 Å². The number of rotatable bonds is 6. The van der Waals surface area contributed by atoms with Gasteiger partial charge >= 0.3 is 0 Å². The van der Waals surface area contributed by atoms with Gasteiger partial charge in [-0.25, -0.2) is 0 Å². The molecule has 1 unspecified atom stereocenters. The van der Waals surface area contributed by atoms with Gasteiger partial charge in [-0.1, -0.05) is 25.5 Å². The molecule has 0 amide bonds. The SMILES string of the molecule is CCCC(O)c1cccc(OCC2CC2)c1. The molecule has 1 atom stereocenters. The van der Waals surface area contributed by atoms with Crippen molar-refractivity contribution in [1.29, 1.82) is 0 Å². The third kappa shape index (κ3) is 3.24. The second-order valence-electron chi connectivity index (χ2n) is 4.63. The lowest BCUT2D eigenvalue weighted by Gasteiger charge is -2.11. The molecule has 0 saturated heterocycles. The van der Waals surface area contributed by atoms with E-state index >= 15 is 0 Å². The molecule has 0 spiro atoms. The van der Waals surface area contributed by atoms with Crippen molar-refractivity contribution in [2.24, 2.45) is 5.92 Å². The molecule has 0 aliphatic heterocycles. The van der Waals surface area contributed by atoms with Gasteiger partial charge in [0.2, 0.25) is 0 Å². The zero-order valence-electron chi connectivity index (χ0n) is 9.86. The van der Waals surface area contributed by atoms with Crippen LogP contribution in [0.15, 0.2) is 24.3 Å². The van der Waals surface area contributed by atoms with Crippen LogP contribution in [0.4, 0.5) is 0 Å². The van der Waals surface area contributed by atoms with Crippen molar-refractivity contribution in [2.45, 2.75) is 38.7 Å². The highest BCUT2D eigenvalue weighted by atomic mass is 16.5. The first kappa shape index (κ1) is 11.5. The van der Waals surface area contributed by atoms with Crippen molar-refractivity contribution in [1.82, 2.24) is 0 Å². The summed E-state index contributed by atoms with van der Waals surface area (Å²) in [7, 11) is 0. The Kier molecular flexibility index (Phi) is 3.83. The molecule has 1 fully saturated rings. The monoisotopic (exact) mass is 220 g/mol. The molecule has 0 heterocycles. The lowest BCUT2D eigenvalue weighted by Crippen LogP contribution is -2.01. The zero-order chi connectivity index (χ0) is 11.4. The summed E-state index contributed by atoms with van der Waals surface area (Å²) in [5.41, 5.74) is 0.968. The molecule has 0 radical (unpaired) electrons. The topological polar surface area (TPSA) is 29.5 Å². The smallest absolute Gasteiger partial charge is 0.119 e. The van der Waals surface area contributed by atoms with Gasteiger partial charge in [0.15, 0.2) is 0 Å². The van der Waals surface area contributed by atoms with Gasteiger partial charge in [0.25, 0.3) is 0 Å². The minimum absolute atomic E-state index is 0.352. The van der Waals surface area contributed by atoms with E-state index in [0.717, 1.165) is 36.7 Å². The molecule has 16 heavy (non-hydrogen) atoms. The Morgan fingerprint density at radius 1 is 1.44 bits per heavy atom. The average molecular weight is 220 g/mol.